The van der Waals surface area contributed by atoms with Crippen molar-refractivity contribution in [2.24, 2.45) is 0 Å². The Balaban J connectivity index is 2.08. The maximum Gasteiger partial charge on any atom is 0.345 e. The quantitative estimate of drug-likeness (QED) is 0.366. The second-order valence-corrected chi connectivity index (χ2v) is 4.40. The molecule has 0 amide bonds. The fraction of sp³-hybridized carbons (Fsp3) is 0.0667. The molecule has 0 atom stereocenters. The van der Waals surface area contributed by atoms with Gasteiger partial charge in [-0.15, -0.1) is 0 Å². The molecule has 0 unspecified atom stereocenters. The molecule has 118 valence electrons. The van der Waals surface area contributed by atoms with Crippen molar-refractivity contribution in [2.75, 3.05) is 6.61 Å². The summed E-state index contributed by atoms with van der Waals surface area (Å²) < 4.78 is 30.5. The number of ether oxygens (including phenoxy) is 1. The zero-order valence-electron chi connectivity index (χ0n) is 11.5. The van der Waals surface area contributed by atoms with E-state index in [4.69, 9.17) is 4.74 Å². The van der Waals surface area contributed by atoms with Gasteiger partial charge >= 0.3 is 5.97 Å². The Labute approximate surface area is 128 Å². The fourth-order valence-electron chi connectivity index (χ4n) is 1.77. The molecule has 6 nitrogen and oxygen atoms in total. The number of benzene rings is 2. The zero-order valence-corrected chi connectivity index (χ0v) is 11.5. The maximum absolute atomic E-state index is 13.0. The number of hydrogen-bond acceptors (Lipinski definition) is 5. The molecule has 0 N–H and O–H groups in total. The third-order valence-electron chi connectivity index (χ3n) is 2.90. The van der Waals surface area contributed by atoms with Crippen molar-refractivity contribution in [1.82, 2.24) is 0 Å². The third-order valence-corrected chi connectivity index (χ3v) is 2.90. The van der Waals surface area contributed by atoms with Gasteiger partial charge in [-0.1, -0.05) is 12.1 Å². The summed E-state index contributed by atoms with van der Waals surface area (Å²) in [5.74, 6) is -4.15. The fourth-order valence-corrected chi connectivity index (χ4v) is 1.77. The minimum Gasteiger partial charge on any atom is -0.454 e. The molecule has 0 saturated carbocycles. The van der Waals surface area contributed by atoms with Gasteiger partial charge in [-0.05, 0) is 24.3 Å². The lowest BCUT2D eigenvalue weighted by molar-refractivity contribution is -0.385. The van der Waals surface area contributed by atoms with Crippen molar-refractivity contribution < 1.29 is 28.0 Å². The number of carbonyl (C=O) groups is 2. The summed E-state index contributed by atoms with van der Waals surface area (Å²) in [6.07, 6.45) is 0. The molecule has 0 aliphatic carbocycles. The summed E-state index contributed by atoms with van der Waals surface area (Å²) in [5, 5.41) is 10.8. The van der Waals surface area contributed by atoms with Gasteiger partial charge in [0.25, 0.3) is 5.69 Å². The summed E-state index contributed by atoms with van der Waals surface area (Å²) >= 11 is 0. The Morgan fingerprint density at radius 3 is 2.43 bits per heavy atom. The molecule has 0 aromatic heterocycles. The molecule has 8 heteroatoms. The largest absolute Gasteiger partial charge is 0.454 e. The first kappa shape index (κ1) is 16.2. The second-order valence-electron chi connectivity index (χ2n) is 4.40. The molecule has 0 aliphatic heterocycles. The van der Waals surface area contributed by atoms with E-state index >= 15 is 0 Å². The summed E-state index contributed by atoms with van der Waals surface area (Å²) in [6.45, 7) is -0.754. The van der Waals surface area contributed by atoms with Crippen LogP contribution >= 0.6 is 0 Å². The lowest BCUT2D eigenvalue weighted by Crippen LogP contribution is -2.15. The molecular weight excluding hydrogens is 312 g/mol. The molecule has 2 aromatic rings. The third kappa shape index (κ3) is 3.73. The minimum absolute atomic E-state index is 0.181. The van der Waals surface area contributed by atoms with Gasteiger partial charge in [-0.2, -0.15) is 0 Å². The van der Waals surface area contributed by atoms with Crippen molar-refractivity contribution in [1.29, 1.82) is 0 Å². The number of rotatable bonds is 5. The molecule has 0 heterocycles. The number of carbonyl (C=O) groups excluding carboxylic acids is 2. The van der Waals surface area contributed by atoms with Crippen LogP contribution in [0.3, 0.4) is 0 Å². The molecule has 23 heavy (non-hydrogen) atoms. The predicted octanol–water partition coefficient (Wildman–Crippen LogP) is 2.91. The van der Waals surface area contributed by atoms with Crippen molar-refractivity contribution in [3.8, 4) is 0 Å². The number of hydrogen-bond donors (Lipinski definition) is 0. The van der Waals surface area contributed by atoms with E-state index in [1.54, 1.807) is 0 Å². The number of halogens is 2. The monoisotopic (exact) mass is 321 g/mol. The average Bonchev–Trinajstić information content (AvgIpc) is 2.54. The highest BCUT2D eigenvalue weighted by atomic mass is 19.2. The number of nitro groups is 1. The molecule has 0 bridgehead atoms. The van der Waals surface area contributed by atoms with E-state index < -0.39 is 40.6 Å². The number of Topliss-reactive ketones (excluding diaryl/α,β-unsaturated/α-hetero) is 1. The molecule has 0 fully saturated rings. The number of nitro benzene ring substituents is 1. The van der Waals surface area contributed by atoms with Crippen LogP contribution in [-0.4, -0.2) is 23.3 Å². The zero-order chi connectivity index (χ0) is 17.0. The second kappa shape index (κ2) is 6.73. The van der Waals surface area contributed by atoms with Crippen LogP contribution in [0, 0.1) is 21.7 Å². The van der Waals surface area contributed by atoms with Gasteiger partial charge < -0.3 is 4.74 Å². The molecular formula is C15H9F2NO5. The van der Waals surface area contributed by atoms with Crippen molar-refractivity contribution in [3.63, 3.8) is 0 Å². The highest BCUT2D eigenvalue weighted by molar-refractivity contribution is 6.00. The van der Waals surface area contributed by atoms with Crippen LogP contribution in [0.4, 0.5) is 14.5 Å². The summed E-state index contributed by atoms with van der Waals surface area (Å²) in [6, 6.07) is 7.57. The maximum atomic E-state index is 13.0. The van der Waals surface area contributed by atoms with Crippen LogP contribution < -0.4 is 0 Å². The summed E-state index contributed by atoms with van der Waals surface area (Å²) in [5.41, 5.74) is -0.951. The topological polar surface area (TPSA) is 86.5 Å². The highest BCUT2D eigenvalue weighted by Gasteiger charge is 2.21. The van der Waals surface area contributed by atoms with E-state index in [9.17, 15) is 28.5 Å². The predicted molar refractivity (Wildman–Crippen MR) is 74.1 cm³/mol. The van der Waals surface area contributed by atoms with Crippen LogP contribution in [-0.2, 0) is 4.74 Å². The molecule has 0 saturated heterocycles. The first-order valence-electron chi connectivity index (χ1n) is 6.29. The van der Waals surface area contributed by atoms with Gasteiger partial charge in [-0.25, -0.2) is 13.6 Å². The Bertz CT molecular complexity index is 791. The van der Waals surface area contributed by atoms with Crippen molar-refractivity contribution >= 4 is 17.4 Å². The molecule has 0 radical (unpaired) electrons. The van der Waals surface area contributed by atoms with E-state index in [0.29, 0.717) is 6.07 Å². The van der Waals surface area contributed by atoms with E-state index in [1.165, 1.54) is 18.2 Å². The highest BCUT2D eigenvalue weighted by Crippen LogP contribution is 2.18. The van der Waals surface area contributed by atoms with E-state index in [2.05, 4.69) is 0 Å². The number of para-hydroxylation sites is 1. The van der Waals surface area contributed by atoms with E-state index in [-0.39, 0.29) is 11.1 Å². The van der Waals surface area contributed by atoms with Gasteiger partial charge in [-0.3, -0.25) is 14.9 Å². The molecule has 2 aromatic carbocycles. The molecule has 0 aliphatic rings. The number of esters is 1. The van der Waals surface area contributed by atoms with E-state index in [0.717, 1.165) is 18.2 Å². The molecule has 0 spiro atoms. The lowest BCUT2D eigenvalue weighted by Gasteiger charge is -2.05. The first-order chi connectivity index (χ1) is 10.9. The SMILES string of the molecule is O=C(COC(=O)c1ccccc1[N+](=O)[O-])c1ccc(F)c(F)c1. The Hall–Kier alpha value is -3.16. The Kier molecular flexibility index (Phi) is 4.75. The van der Waals surface area contributed by atoms with Gasteiger partial charge in [0.1, 0.15) is 5.56 Å². The van der Waals surface area contributed by atoms with Gasteiger partial charge in [0.05, 0.1) is 4.92 Å². The average molecular weight is 321 g/mol. The van der Waals surface area contributed by atoms with Crippen molar-refractivity contribution in [2.45, 2.75) is 0 Å². The van der Waals surface area contributed by atoms with E-state index in [1.807, 2.05) is 0 Å². The summed E-state index contributed by atoms with van der Waals surface area (Å²) in [7, 11) is 0. The number of nitrogens with zero attached hydrogens (tertiary/aromatic N) is 1. The van der Waals surface area contributed by atoms with Crippen LogP contribution in [0.25, 0.3) is 0 Å². The number of ketones is 1. The normalized spacial score (nSPS) is 10.2. The Morgan fingerprint density at radius 1 is 1.09 bits per heavy atom. The van der Waals surface area contributed by atoms with Crippen LogP contribution in [0.1, 0.15) is 20.7 Å². The standard InChI is InChI=1S/C15H9F2NO5/c16-11-6-5-9(7-12(11)17)14(19)8-23-15(20)10-3-1-2-4-13(10)18(21)22/h1-7H,8H2. The van der Waals surface area contributed by atoms with Gasteiger partial charge in [0.2, 0.25) is 0 Å². The smallest absolute Gasteiger partial charge is 0.345 e. The van der Waals surface area contributed by atoms with Gasteiger partial charge in [0.15, 0.2) is 24.0 Å². The minimum atomic E-state index is -1.21. The van der Waals surface area contributed by atoms with Crippen LogP contribution in [0.15, 0.2) is 42.5 Å². The lowest BCUT2D eigenvalue weighted by atomic mass is 10.1. The van der Waals surface area contributed by atoms with Crippen LogP contribution in [0.2, 0.25) is 0 Å². The first-order valence-corrected chi connectivity index (χ1v) is 6.29. The van der Waals surface area contributed by atoms with Crippen LogP contribution in [0.5, 0.6) is 0 Å². The van der Waals surface area contributed by atoms with Crippen molar-refractivity contribution in [3.05, 3.63) is 75.3 Å². The summed E-state index contributed by atoms with van der Waals surface area (Å²) in [4.78, 5) is 33.6. The van der Waals surface area contributed by atoms with Gasteiger partial charge in [0, 0.05) is 11.6 Å². The molecule has 2 rings (SSSR count). The Morgan fingerprint density at radius 2 is 1.78 bits per heavy atom.